The van der Waals surface area contributed by atoms with E-state index in [0.717, 1.165) is 42.8 Å². The molecule has 0 heterocycles. The van der Waals surface area contributed by atoms with Gasteiger partial charge in [-0.2, -0.15) is 0 Å². The van der Waals surface area contributed by atoms with Crippen LogP contribution in [0.3, 0.4) is 0 Å². The monoisotopic (exact) mass is 370 g/mol. The maximum Gasteiger partial charge on any atom is 0.255 e. The van der Waals surface area contributed by atoms with E-state index in [-0.39, 0.29) is 22.9 Å². The molecule has 2 saturated carbocycles. The van der Waals surface area contributed by atoms with E-state index >= 15 is 0 Å². The average molecular weight is 371 g/mol. The molecule has 0 N–H and O–H groups in total. The third kappa shape index (κ3) is 3.32. The van der Waals surface area contributed by atoms with Gasteiger partial charge in [-0.15, -0.1) is 0 Å². The van der Waals surface area contributed by atoms with Gasteiger partial charge >= 0.3 is 0 Å². The van der Waals surface area contributed by atoms with Gasteiger partial charge in [0.2, 0.25) is 10.0 Å². The summed E-state index contributed by atoms with van der Waals surface area (Å²) >= 11 is 6.24. The lowest BCUT2D eigenvalue weighted by Gasteiger charge is -2.29. The van der Waals surface area contributed by atoms with Crippen LogP contribution in [-0.2, 0) is 10.0 Å². The molecule has 7 heteroatoms. The van der Waals surface area contributed by atoms with Crippen LogP contribution in [0.25, 0.3) is 0 Å². The first-order valence-corrected chi connectivity index (χ1v) is 10.2. The number of carbonyl (C=O) groups excluding carboxylic acids is 1. The third-order valence-corrected chi connectivity index (χ3v) is 6.98. The Morgan fingerprint density at radius 2 is 1.67 bits per heavy atom. The van der Waals surface area contributed by atoms with E-state index in [1.807, 2.05) is 4.90 Å². The molecule has 1 amide bonds. The second-order valence-corrected chi connectivity index (χ2v) is 9.37. The molecule has 0 radical (unpaired) electrons. The summed E-state index contributed by atoms with van der Waals surface area (Å²) in [5.41, 5.74) is 0.290. The minimum absolute atomic E-state index is 0.0995. The highest BCUT2D eigenvalue weighted by Crippen LogP contribution is 2.36. The maximum absolute atomic E-state index is 13.1. The van der Waals surface area contributed by atoms with E-state index in [1.165, 1.54) is 32.3 Å². The fourth-order valence-electron chi connectivity index (χ4n) is 3.34. The van der Waals surface area contributed by atoms with Crippen molar-refractivity contribution in [3.05, 3.63) is 28.8 Å². The number of nitrogens with zero attached hydrogens (tertiary/aromatic N) is 2. The van der Waals surface area contributed by atoms with E-state index in [0.29, 0.717) is 10.6 Å². The molecule has 0 atom stereocenters. The van der Waals surface area contributed by atoms with E-state index in [2.05, 4.69) is 0 Å². The number of benzene rings is 1. The van der Waals surface area contributed by atoms with Crippen molar-refractivity contribution in [3.63, 3.8) is 0 Å². The average Bonchev–Trinajstić information content (AvgIpc) is 3.21. The highest BCUT2D eigenvalue weighted by atomic mass is 35.5. The van der Waals surface area contributed by atoms with Crippen molar-refractivity contribution >= 4 is 27.5 Å². The molecule has 0 aliphatic heterocycles. The normalized spacial score (nSPS) is 19.0. The van der Waals surface area contributed by atoms with E-state index in [9.17, 15) is 13.2 Å². The SMILES string of the molecule is CN(C)S(=O)(=O)c1ccc(Cl)c(C(=O)N(C2CCCC2)C2CC2)c1. The van der Waals surface area contributed by atoms with Crippen molar-refractivity contribution in [2.75, 3.05) is 14.1 Å². The summed E-state index contributed by atoms with van der Waals surface area (Å²) in [6.07, 6.45) is 6.38. The van der Waals surface area contributed by atoms with Crippen LogP contribution in [-0.4, -0.2) is 49.7 Å². The summed E-state index contributed by atoms with van der Waals surface area (Å²) in [4.78, 5) is 15.2. The summed E-state index contributed by atoms with van der Waals surface area (Å²) in [7, 11) is -0.650. The standard InChI is InChI=1S/C17H23ClN2O3S/c1-19(2)24(22,23)14-9-10-16(18)15(11-14)17(21)20(13-7-8-13)12-5-3-4-6-12/h9-13H,3-8H2,1-2H3. The molecule has 2 aliphatic carbocycles. The lowest BCUT2D eigenvalue weighted by molar-refractivity contribution is 0.0664. The molecule has 0 bridgehead atoms. The summed E-state index contributed by atoms with van der Waals surface area (Å²) in [5, 5.41) is 0.307. The molecule has 1 aromatic rings. The summed E-state index contributed by atoms with van der Waals surface area (Å²) in [6, 6.07) is 4.92. The minimum Gasteiger partial charge on any atom is -0.333 e. The minimum atomic E-state index is -3.60. The first-order chi connectivity index (χ1) is 11.3. The Balaban J connectivity index is 1.96. The Labute approximate surface area is 148 Å². The number of halogens is 1. The molecule has 0 spiro atoms. The van der Waals surface area contributed by atoms with Gasteiger partial charge in [0, 0.05) is 26.2 Å². The lowest BCUT2D eigenvalue weighted by Crippen LogP contribution is -2.40. The maximum atomic E-state index is 13.1. The molecule has 1 aromatic carbocycles. The molecule has 0 aromatic heterocycles. The summed E-state index contributed by atoms with van der Waals surface area (Å²) in [5.74, 6) is -0.134. The van der Waals surface area contributed by atoms with Crippen LogP contribution in [0.4, 0.5) is 0 Å². The summed E-state index contributed by atoms with van der Waals surface area (Å²) < 4.78 is 25.8. The number of hydrogen-bond donors (Lipinski definition) is 0. The van der Waals surface area contributed by atoms with Gasteiger partial charge in [0.25, 0.3) is 5.91 Å². The quantitative estimate of drug-likeness (QED) is 0.800. The molecule has 2 aliphatic rings. The molecular formula is C17H23ClN2O3S. The lowest BCUT2D eigenvalue weighted by atomic mass is 10.1. The zero-order chi connectivity index (χ0) is 17.5. The van der Waals surface area contributed by atoms with Crippen LogP contribution in [0.15, 0.2) is 23.1 Å². The van der Waals surface area contributed by atoms with Gasteiger partial charge in [-0.1, -0.05) is 24.4 Å². The van der Waals surface area contributed by atoms with E-state index < -0.39 is 10.0 Å². The van der Waals surface area contributed by atoms with E-state index in [1.54, 1.807) is 0 Å². The van der Waals surface area contributed by atoms with Crippen molar-refractivity contribution < 1.29 is 13.2 Å². The molecule has 24 heavy (non-hydrogen) atoms. The Kier molecular flexibility index (Phi) is 4.91. The number of rotatable bonds is 5. The molecule has 0 saturated heterocycles. The van der Waals surface area contributed by atoms with Crippen molar-refractivity contribution in [2.24, 2.45) is 0 Å². The van der Waals surface area contributed by atoms with Gasteiger partial charge in [-0.25, -0.2) is 12.7 Å². The fourth-order valence-corrected chi connectivity index (χ4v) is 4.47. The summed E-state index contributed by atoms with van der Waals surface area (Å²) in [6.45, 7) is 0. The predicted molar refractivity (Wildman–Crippen MR) is 93.8 cm³/mol. The van der Waals surface area contributed by atoms with Gasteiger partial charge in [0.15, 0.2) is 0 Å². The van der Waals surface area contributed by atoms with Crippen LogP contribution >= 0.6 is 11.6 Å². The Morgan fingerprint density at radius 3 is 2.21 bits per heavy atom. The van der Waals surface area contributed by atoms with Gasteiger partial charge in [-0.3, -0.25) is 4.79 Å². The molecule has 132 valence electrons. The highest BCUT2D eigenvalue weighted by Gasteiger charge is 2.39. The van der Waals surface area contributed by atoms with Crippen LogP contribution < -0.4 is 0 Å². The Morgan fingerprint density at radius 1 is 1.08 bits per heavy atom. The van der Waals surface area contributed by atoms with Crippen molar-refractivity contribution in [1.82, 2.24) is 9.21 Å². The topological polar surface area (TPSA) is 57.7 Å². The first-order valence-electron chi connectivity index (χ1n) is 8.37. The number of sulfonamides is 1. The van der Waals surface area contributed by atoms with Crippen LogP contribution in [0, 0.1) is 0 Å². The number of amides is 1. The molecule has 3 rings (SSSR count). The molecule has 5 nitrogen and oxygen atoms in total. The second-order valence-electron chi connectivity index (χ2n) is 6.81. The van der Waals surface area contributed by atoms with Crippen molar-refractivity contribution in [2.45, 2.75) is 55.5 Å². The highest BCUT2D eigenvalue weighted by molar-refractivity contribution is 7.89. The van der Waals surface area contributed by atoms with Gasteiger partial charge in [-0.05, 0) is 43.9 Å². The fraction of sp³-hybridized carbons (Fsp3) is 0.588. The number of carbonyl (C=O) groups is 1. The molecule has 2 fully saturated rings. The Hall–Kier alpha value is -1.11. The first kappa shape index (κ1) is 17.7. The molecular weight excluding hydrogens is 348 g/mol. The second kappa shape index (κ2) is 6.65. The van der Waals surface area contributed by atoms with Crippen LogP contribution in [0.2, 0.25) is 5.02 Å². The predicted octanol–water partition coefficient (Wildman–Crippen LogP) is 3.14. The number of hydrogen-bond acceptors (Lipinski definition) is 3. The largest absolute Gasteiger partial charge is 0.333 e. The van der Waals surface area contributed by atoms with Crippen molar-refractivity contribution in [3.8, 4) is 0 Å². The van der Waals surface area contributed by atoms with Gasteiger partial charge in [0.1, 0.15) is 0 Å². The van der Waals surface area contributed by atoms with Crippen LogP contribution in [0.1, 0.15) is 48.9 Å². The zero-order valence-corrected chi connectivity index (χ0v) is 15.6. The van der Waals surface area contributed by atoms with Gasteiger partial charge < -0.3 is 4.90 Å². The third-order valence-electron chi connectivity index (χ3n) is 4.84. The van der Waals surface area contributed by atoms with Gasteiger partial charge in [0.05, 0.1) is 15.5 Å². The Bertz CT molecular complexity index is 738. The van der Waals surface area contributed by atoms with Crippen molar-refractivity contribution in [1.29, 1.82) is 0 Å². The van der Waals surface area contributed by atoms with Crippen LogP contribution in [0.5, 0.6) is 0 Å². The zero-order valence-electron chi connectivity index (χ0n) is 14.0. The smallest absolute Gasteiger partial charge is 0.255 e. The molecule has 0 unspecified atom stereocenters. The van der Waals surface area contributed by atoms with E-state index in [4.69, 9.17) is 11.6 Å².